The van der Waals surface area contributed by atoms with Crippen LogP contribution >= 0.6 is 11.6 Å². The Balaban J connectivity index is 1.51. The minimum absolute atomic E-state index is 0.343. The lowest BCUT2D eigenvalue weighted by atomic mass is 9.87. The summed E-state index contributed by atoms with van der Waals surface area (Å²) in [6.07, 6.45) is 2.36. The van der Waals surface area contributed by atoms with Gasteiger partial charge in [0.05, 0.1) is 13.2 Å². The molecule has 0 aromatic heterocycles. The minimum Gasteiger partial charge on any atom is -0.492 e. The molecule has 1 aromatic carbocycles. The summed E-state index contributed by atoms with van der Waals surface area (Å²) in [7, 11) is 0. The zero-order valence-electron chi connectivity index (χ0n) is 14.3. The van der Waals surface area contributed by atoms with Crippen molar-refractivity contribution >= 4 is 17.6 Å². The SMILES string of the molecule is CCNC(=NCCOc1ccc(Cl)cc1)N1CCC2(CCOC2)C1. The number of aliphatic imine (C=N–C) groups is 1. The first-order chi connectivity index (χ1) is 11.7. The number of nitrogens with one attached hydrogen (secondary N) is 1. The van der Waals surface area contributed by atoms with Crippen molar-refractivity contribution in [2.24, 2.45) is 10.4 Å². The maximum absolute atomic E-state index is 5.87. The fourth-order valence-electron chi connectivity index (χ4n) is 3.36. The highest BCUT2D eigenvalue weighted by molar-refractivity contribution is 6.30. The molecule has 1 unspecified atom stereocenters. The molecule has 0 amide bonds. The Morgan fingerprint density at radius 3 is 2.92 bits per heavy atom. The van der Waals surface area contributed by atoms with Gasteiger partial charge >= 0.3 is 0 Å². The molecule has 1 N–H and O–H groups in total. The number of ether oxygens (including phenoxy) is 2. The molecule has 0 radical (unpaired) electrons. The van der Waals surface area contributed by atoms with Crippen molar-refractivity contribution in [1.29, 1.82) is 0 Å². The van der Waals surface area contributed by atoms with Gasteiger partial charge in [0, 0.05) is 36.7 Å². The first-order valence-electron chi connectivity index (χ1n) is 8.70. The van der Waals surface area contributed by atoms with Crippen LogP contribution in [0.2, 0.25) is 5.02 Å². The molecule has 24 heavy (non-hydrogen) atoms. The largest absolute Gasteiger partial charge is 0.492 e. The van der Waals surface area contributed by atoms with E-state index < -0.39 is 0 Å². The smallest absolute Gasteiger partial charge is 0.194 e. The first-order valence-corrected chi connectivity index (χ1v) is 9.08. The van der Waals surface area contributed by atoms with Crippen LogP contribution in [0.25, 0.3) is 0 Å². The molecule has 3 rings (SSSR count). The maximum Gasteiger partial charge on any atom is 0.194 e. The van der Waals surface area contributed by atoms with Crippen molar-refractivity contribution < 1.29 is 9.47 Å². The van der Waals surface area contributed by atoms with Crippen LogP contribution in [0, 0.1) is 5.41 Å². The zero-order chi connectivity index (χ0) is 16.8. The van der Waals surface area contributed by atoms with Gasteiger partial charge in [-0.05, 0) is 44.0 Å². The molecular weight excluding hydrogens is 326 g/mol. The van der Waals surface area contributed by atoms with E-state index in [1.165, 1.54) is 12.8 Å². The molecule has 2 saturated heterocycles. The van der Waals surface area contributed by atoms with Crippen LogP contribution in [0.4, 0.5) is 0 Å². The zero-order valence-corrected chi connectivity index (χ0v) is 15.0. The van der Waals surface area contributed by atoms with Gasteiger partial charge in [0.25, 0.3) is 0 Å². The standard InChI is InChI=1S/C18H26ClN3O2/c1-2-20-17(22-10-7-18(13-22)8-11-23-14-18)21-9-12-24-16-5-3-15(19)4-6-16/h3-6H,2,7-14H2,1H3,(H,20,21). The molecule has 0 bridgehead atoms. The summed E-state index contributed by atoms with van der Waals surface area (Å²) < 4.78 is 11.3. The molecule has 2 aliphatic rings. The van der Waals surface area contributed by atoms with E-state index in [0.29, 0.717) is 23.6 Å². The van der Waals surface area contributed by atoms with Gasteiger partial charge in [0.15, 0.2) is 5.96 Å². The molecule has 2 aliphatic heterocycles. The second-order valence-corrected chi connectivity index (χ2v) is 6.95. The van der Waals surface area contributed by atoms with Crippen LogP contribution in [-0.2, 0) is 4.74 Å². The molecule has 1 spiro atoms. The Morgan fingerprint density at radius 1 is 1.38 bits per heavy atom. The lowest BCUT2D eigenvalue weighted by molar-refractivity contribution is 0.156. The van der Waals surface area contributed by atoms with Gasteiger partial charge in [-0.2, -0.15) is 0 Å². The van der Waals surface area contributed by atoms with E-state index >= 15 is 0 Å². The topological polar surface area (TPSA) is 46.1 Å². The van der Waals surface area contributed by atoms with Crippen molar-refractivity contribution in [3.63, 3.8) is 0 Å². The summed E-state index contributed by atoms with van der Waals surface area (Å²) in [5.41, 5.74) is 0.343. The number of hydrogen-bond donors (Lipinski definition) is 1. The number of likely N-dealkylation sites (tertiary alicyclic amines) is 1. The third-order valence-electron chi connectivity index (χ3n) is 4.69. The second kappa shape index (κ2) is 8.08. The van der Waals surface area contributed by atoms with E-state index in [0.717, 1.165) is 44.6 Å². The Hall–Kier alpha value is -1.46. The summed E-state index contributed by atoms with van der Waals surface area (Å²) in [6.45, 7) is 8.04. The first kappa shape index (κ1) is 17.4. The normalized spacial score (nSPS) is 23.9. The molecule has 0 saturated carbocycles. The summed E-state index contributed by atoms with van der Waals surface area (Å²) >= 11 is 5.87. The van der Waals surface area contributed by atoms with Gasteiger partial charge in [0.2, 0.25) is 0 Å². The molecule has 2 fully saturated rings. The number of nitrogens with zero attached hydrogens (tertiary/aromatic N) is 2. The summed E-state index contributed by atoms with van der Waals surface area (Å²) in [5.74, 6) is 1.81. The molecule has 132 valence electrons. The lowest BCUT2D eigenvalue weighted by Gasteiger charge is -2.25. The van der Waals surface area contributed by atoms with Gasteiger partial charge in [-0.15, -0.1) is 0 Å². The summed E-state index contributed by atoms with van der Waals surface area (Å²) in [5, 5.41) is 4.12. The van der Waals surface area contributed by atoms with Crippen LogP contribution in [0.1, 0.15) is 19.8 Å². The fourth-order valence-corrected chi connectivity index (χ4v) is 3.48. The predicted octanol–water partition coefficient (Wildman–Crippen LogP) is 2.80. The van der Waals surface area contributed by atoms with E-state index in [1.807, 2.05) is 24.3 Å². The van der Waals surface area contributed by atoms with Crippen molar-refractivity contribution in [3.05, 3.63) is 29.3 Å². The van der Waals surface area contributed by atoms with E-state index in [4.69, 9.17) is 26.1 Å². The van der Waals surface area contributed by atoms with Crippen molar-refractivity contribution in [3.8, 4) is 5.75 Å². The van der Waals surface area contributed by atoms with Gasteiger partial charge < -0.3 is 19.7 Å². The average Bonchev–Trinajstić information content (AvgIpc) is 3.22. The fraction of sp³-hybridized carbons (Fsp3) is 0.611. The maximum atomic E-state index is 5.87. The van der Waals surface area contributed by atoms with Crippen LogP contribution in [0.3, 0.4) is 0 Å². The highest BCUT2D eigenvalue weighted by atomic mass is 35.5. The monoisotopic (exact) mass is 351 g/mol. The third-order valence-corrected chi connectivity index (χ3v) is 4.94. The summed E-state index contributed by atoms with van der Waals surface area (Å²) in [6, 6.07) is 7.41. The Morgan fingerprint density at radius 2 is 2.21 bits per heavy atom. The Kier molecular flexibility index (Phi) is 5.85. The molecule has 1 aromatic rings. The Labute approximate surface area is 149 Å². The van der Waals surface area contributed by atoms with E-state index in [-0.39, 0.29) is 0 Å². The van der Waals surface area contributed by atoms with Gasteiger partial charge in [-0.1, -0.05) is 11.6 Å². The van der Waals surface area contributed by atoms with Crippen LogP contribution in [0.5, 0.6) is 5.75 Å². The third kappa shape index (κ3) is 4.33. The van der Waals surface area contributed by atoms with E-state index in [2.05, 4.69) is 17.1 Å². The summed E-state index contributed by atoms with van der Waals surface area (Å²) in [4.78, 5) is 7.08. The number of benzene rings is 1. The molecule has 5 nitrogen and oxygen atoms in total. The minimum atomic E-state index is 0.343. The number of halogens is 1. The number of guanidine groups is 1. The predicted molar refractivity (Wildman–Crippen MR) is 97.0 cm³/mol. The van der Waals surface area contributed by atoms with Crippen LogP contribution in [0.15, 0.2) is 29.3 Å². The highest BCUT2D eigenvalue weighted by Crippen LogP contribution is 2.38. The molecule has 6 heteroatoms. The van der Waals surface area contributed by atoms with E-state index in [9.17, 15) is 0 Å². The van der Waals surface area contributed by atoms with Crippen molar-refractivity contribution in [2.45, 2.75) is 19.8 Å². The quantitative estimate of drug-likeness (QED) is 0.503. The number of hydrogen-bond acceptors (Lipinski definition) is 3. The van der Waals surface area contributed by atoms with Gasteiger partial charge in [0.1, 0.15) is 12.4 Å². The average molecular weight is 352 g/mol. The highest BCUT2D eigenvalue weighted by Gasteiger charge is 2.42. The second-order valence-electron chi connectivity index (χ2n) is 6.51. The van der Waals surface area contributed by atoms with Crippen LogP contribution in [-0.4, -0.2) is 56.9 Å². The lowest BCUT2D eigenvalue weighted by Crippen LogP contribution is -2.41. The van der Waals surface area contributed by atoms with Gasteiger partial charge in [-0.3, -0.25) is 0 Å². The number of rotatable bonds is 5. The molecule has 2 heterocycles. The van der Waals surface area contributed by atoms with Gasteiger partial charge in [-0.25, -0.2) is 4.99 Å². The Bertz CT molecular complexity index is 556. The van der Waals surface area contributed by atoms with E-state index in [1.54, 1.807) is 0 Å². The van der Waals surface area contributed by atoms with Crippen molar-refractivity contribution in [1.82, 2.24) is 10.2 Å². The molecular formula is C18H26ClN3O2. The molecule has 1 atom stereocenters. The van der Waals surface area contributed by atoms with Crippen LogP contribution < -0.4 is 10.1 Å². The molecule has 0 aliphatic carbocycles. The van der Waals surface area contributed by atoms with Crippen molar-refractivity contribution in [2.75, 3.05) is 46.0 Å².